The molecule has 0 radical (unpaired) electrons. The highest BCUT2D eigenvalue weighted by Crippen LogP contribution is 2.39. The summed E-state index contributed by atoms with van der Waals surface area (Å²) in [7, 11) is 13.0. The van der Waals surface area contributed by atoms with Crippen LogP contribution in [-0.4, -0.2) is 9.97 Å². The minimum absolute atomic E-state index is 0.544. The molecule has 0 N–H and O–H groups in total. The van der Waals surface area contributed by atoms with Crippen LogP contribution in [0.4, 0.5) is 0 Å². The molecule has 8 aromatic heterocycles. The van der Waals surface area contributed by atoms with E-state index in [1.165, 1.54) is 255 Å². The lowest BCUT2D eigenvalue weighted by Gasteiger charge is -2.14. The summed E-state index contributed by atoms with van der Waals surface area (Å²) in [6.07, 6.45) is 13.2. The molecule has 726 valence electrons. The molecule has 0 fully saturated rings. The van der Waals surface area contributed by atoms with E-state index in [2.05, 4.69) is 504 Å². The third-order valence-electron chi connectivity index (χ3n) is 29.1. The second-order valence-corrected chi connectivity index (χ2v) is 43.0. The Hall–Kier alpha value is -13.0. The van der Waals surface area contributed by atoms with Gasteiger partial charge in [0, 0.05) is 119 Å². The van der Waals surface area contributed by atoms with Gasteiger partial charge in [-0.2, -0.15) is 27.4 Å². The standard InChI is InChI=1S/2C24H30N.C23H28N.C22H26N.2C20H23N2/c1-15(2)10-20-8-9-22-21(14-20)13-18(5)25(7)24(22)23-12-16(3)11-17(4)19(23)6;1-7-19-9-8-17(4)23(15-19)24-22-11-10-20(12-16(2)3)14-21(22)13-18(5)25(24)6;1-15(2)11-19-9-10-21-20(14-19)13-18(5)24(6)23(21)22-12-16(3)7-8-17(22)4;1-15(2)12-18-10-11-21-19(14-18)13-17(4)23(5)22(21)20-9-7-6-8-16(20)3;1-13(2)16-6-7-19-17(11-16)10-15(4)22(5)20(19)18-8-9-21-12-14(18)3;1-13(2)16-6-7-18-17(11-16)10-15(4)22(5)20(18)19-12-21-9-8-14(19)3/h8-9,11-15H,10H2,1-7H3;8-11,13-16H,7,12H2,1-6H3;7-10,12-15H,11H2,1-6H3;6-11,13-15H,12H2,1-5H3;2*6-13H,1-5H3/q6*+1. The molecule has 8 heterocycles. The molecule has 8 nitrogen and oxygen atoms in total. The fourth-order valence-electron chi connectivity index (χ4n) is 20.5. The quantitative estimate of drug-likeness (QED) is 0.0853. The van der Waals surface area contributed by atoms with Gasteiger partial charge in [0.2, 0.25) is 34.2 Å². The molecule has 0 atom stereocenters. The normalized spacial score (nSPS) is 11.4. The first-order chi connectivity index (χ1) is 67.0. The highest BCUT2D eigenvalue weighted by molar-refractivity contribution is 6.00. The van der Waals surface area contributed by atoms with Crippen molar-refractivity contribution in [3.8, 4) is 67.5 Å². The van der Waals surface area contributed by atoms with Crippen molar-refractivity contribution in [3.05, 3.63) is 378 Å². The minimum atomic E-state index is 0.544. The fraction of sp³-hybridized carbons (Fsp3) is 0.338. The number of rotatable bonds is 17. The minimum Gasteiger partial charge on any atom is -0.264 e. The van der Waals surface area contributed by atoms with Crippen molar-refractivity contribution in [2.24, 2.45) is 66.0 Å². The van der Waals surface area contributed by atoms with Crippen molar-refractivity contribution in [1.82, 2.24) is 9.97 Å². The molecule has 8 heteroatoms. The van der Waals surface area contributed by atoms with E-state index < -0.39 is 0 Å². The van der Waals surface area contributed by atoms with Crippen LogP contribution in [0.2, 0.25) is 0 Å². The predicted octanol–water partition coefficient (Wildman–Crippen LogP) is 31.0. The number of fused-ring (bicyclic) bond motifs is 6. The lowest BCUT2D eigenvalue weighted by atomic mass is 9.93. The summed E-state index contributed by atoms with van der Waals surface area (Å²) in [5.74, 6) is 3.82. The Morgan fingerprint density at radius 3 is 0.887 bits per heavy atom. The van der Waals surface area contributed by atoms with Gasteiger partial charge in [0.15, 0.2) is 34.2 Å². The van der Waals surface area contributed by atoms with E-state index in [0.29, 0.717) is 35.5 Å². The van der Waals surface area contributed by atoms with Crippen LogP contribution in [0.15, 0.2) is 255 Å². The van der Waals surface area contributed by atoms with E-state index in [1.54, 1.807) is 0 Å². The third-order valence-corrected chi connectivity index (χ3v) is 29.1. The van der Waals surface area contributed by atoms with Gasteiger partial charge in [0.05, 0.1) is 49.0 Å². The predicted molar refractivity (Wildman–Crippen MR) is 602 cm³/mol. The average molecular weight is 1870 g/mol. The number of pyridine rings is 8. The summed E-state index contributed by atoms with van der Waals surface area (Å²) in [5.41, 5.74) is 45.0. The fourth-order valence-corrected chi connectivity index (χ4v) is 20.5. The Morgan fingerprint density at radius 1 is 0.227 bits per heavy atom. The second kappa shape index (κ2) is 45.7. The van der Waals surface area contributed by atoms with Gasteiger partial charge in [0.25, 0.3) is 0 Å². The first kappa shape index (κ1) is 105. The Kier molecular flexibility index (Phi) is 34.1. The summed E-state index contributed by atoms with van der Waals surface area (Å²) >= 11 is 0. The van der Waals surface area contributed by atoms with Gasteiger partial charge in [-0.05, 0) is 313 Å². The van der Waals surface area contributed by atoms with Crippen LogP contribution in [0, 0.1) is 128 Å². The van der Waals surface area contributed by atoms with E-state index in [0.717, 1.165) is 32.1 Å². The Morgan fingerprint density at radius 2 is 0.525 bits per heavy atom. The first-order valence-electron chi connectivity index (χ1n) is 51.7. The van der Waals surface area contributed by atoms with Crippen LogP contribution in [0.5, 0.6) is 0 Å². The molecule has 0 saturated carbocycles. The van der Waals surface area contributed by atoms with Crippen molar-refractivity contribution in [2.45, 2.75) is 238 Å². The lowest BCUT2D eigenvalue weighted by molar-refractivity contribution is -0.665. The molecule has 0 amide bonds. The number of hydrogen-bond acceptors (Lipinski definition) is 2. The zero-order chi connectivity index (χ0) is 102. The Labute approximate surface area is 846 Å². The monoisotopic (exact) mass is 1870 g/mol. The van der Waals surface area contributed by atoms with E-state index in [-0.39, 0.29) is 0 Å². The van der Waals surface area contributed by atoms with Gasteiger partial charge >= 0.3 is 0 Å². The SMILES string of the molecule is CCc1ccc(C)c(-c2c3ccc(CC(C)C)cc3cc(C)[n+]2C)c1.Cc1cc(C)c(C)c(-c2c3ccc(CC(C)C)cc3cc(C)[n+]2C)c1.Cc1ccc(C)c(-c2c3ccc(CC(C)C)cc3cc(C)[n+]2C)c1.Cc1ccccc1-c1c2ccc(CC(C)C)cc2cc(C)[n+]1C.Cc1ccncc1-c1c2ccc(C(C)C)cc2cc(C)[n+]1C.Cc1cnccc1-c1c2ccc(C(C)C)cc2cc(C)[n+]1C. The molecule has 10 aromatic carbocycles. The molecular weight excluding hydrogens is 1710 g/mol. The Balaban J connectivity index is 0.000000142. The van der Waals surface area contributed by atoms with Crippen LogP contribution >= 0.6 is 0 Å². The molecule has 0 spiro atoms. The molecule has 0 unspecified atom stereocenters. The summed E-state index contributed by atoms with van der Waals surface area (Å²) < 4.78 is 13.9. The van der Waals surface area contributed by atoms with Crippen molar-refractivity contribution >= 4 is 64.6 Å². The highest BCUT2D eigenvalue weighted by Gasteiger charge is 2.29. The van der Waals surface area contributed by atoms with Gasteiger partial charge in [-0.1, -0.05) is 222 Å². The van der Waals surface area contributed by atoms with Gasteiger partial charge < -0.3 is 0 Å². The van der Waals surface area contributed by atoms with Crippen LogP contribution in [-0.2, 0) is 74.4 Å². The topological polar surface area (TPSA) is 49.1 Å². The number of aryl methyl sites for hydroxylation is 15. The molecular formula is C133H160N8+6. The van der Waals surface area contributed by atoms with Crippen LogP contribution < -0.4 is 27.4 Å². The second-order valence-electron chi connectivity index (χ2n) is 43.0. The van der Waals surface area contributed by atoms with Crippen molar-refractivity contribution in [3.63, 3.8) is 0 Å². The maximum Gasteiger partial charge on any atom is 0.222 e. The maximum absolute atomic E-state index is 4.33. The zero-order valence-corrected chi connectivity index (χ0v) is 91.8. The van der Waals surface area contributed by atoms with Crippen LogP contribution in [0.25, 0.3) is 132 Å². The third kappa shape index (κ3) is 24.2. The lowest BCUT2D eigenvalue weighted by Crippen LogP contribution is -2.35. The summed E-state index contributed by atoms with van der Waals surface area (Å²) in [6.45, 7) is 62.3. The first-order valence-corrected chi connectivity index (χ1v) is 51.7. The van der Waals surface area contributed by atoms with Crippen LogP contribution in [0.3, 0.4) is 0 Å². The number of aromatic nitrogens is 8. The van der Waals surface area contributed by atoms with Gasteiger partial charge in [-0.25, -0.2) is 0 Å². The van der Waals surface area contributed by atoms with Gasteiger partial charge in [-0.3, -0.25) is 9.97 Å². The van der Waals surface area contributed by atoms with E-state index in [4.69, 9.17) is 0 Å². The number of hydrogen-bond donors (Lipinski definition) is 0. The van der Waals surface area contributed by atoms with Gasteiger partial charge in [-0.15, -0.1) is 0 Å². The summed E-state index contributed by atoms with van der Waals surface area (Å²) in [4.78, 5) is 8.56. The largest absolute Gasteiger partial charge is 0.264 e. The smallest absolute Gasteiger partial charge is 0.222 e. The Bertz CT molecular complexity index is 7510. The highest BCUT2D eigenvalue weighted by atomic mass is 15.0. The van der Waals surface area contributed by atoms with Crippen LogP contribution in [0.1, 0.15) is 225 Å². The molecule has 18 rings (SSSR count). The van der Waals surface area contributed by atoms with E-state index >= 15 is 0 Å². The van der Waals surface area contributed by atoms with Crippen molar-refractivity contribution < 1.29 is 27.4 Å². The molecule has 0 aliphatic carbocycles. The number of benzene rings is 10. The molecule has 0 aliphatic heterocycles. The molecule has 141 heavy (non-hydrogen) atoms. The van der Waals surface area contributed by atoms with E-state index in [9.17, 15) is 0 Å². The van der Waals surface area contributed by atoms with Crippen molar-refractivity contribution in [2.75, 3.05) is 0 Å². The molecule has 0 bridgehead atoms. The summed E-state index contributed by atoms with van der Waals surface area (Å²) in [6, 6.07) is 86.5. The summed E-state index contributed by atoms with van der Waals surface area (Å²) in [5, 5.41) is 16.0. The molecule has 0 saturated heterocycles. The maximum atomic E-state index is 4.33. The molecule has 18 aromatic rings. The van der Waals surface area contributed by atoms with E-state index in [1.807, 2.05) is 24.8 Å². The molecule has 0 aliphatic rings. The van der Waals surface area contributed by atoms with Crippen molar-refractivity contribution in [1.29, 1.82) is 0 Å². The zero-order valence-electron chi connectivity index (χ0n) is 91.8. The average Bonchev–Trinajstić information content (AvgIpc) is 0.797. The number of nitrogens with zero attached hydrogens (tertiary/aromatic N) is 8. The van der Waals surface area contributed by atoms with Gasteiger partial charge in [0.1, 0.15) is 42.3 Å².